The van der Waals surface area contributed by atoms with Gasteiger partial charge in [0.05, 0.1) is 11.7 Å². The molecule has 98 valence electrons. The van der Waals surface area contributed by atoms with Gasteiger partial charge in [0.1, 0.15) is 0 Å². The lowest BCUT2D eigenvalue weighted by molar-refractivity contribution is -0.117. The van der Waals surface area contributed by atoms with Crippen LogP contribution >= 0.6 is 0 Å². The average Bonchev–Trinajstić information content (AvgIpc) is 2.92. The monoisotopic (exact) mass is 248 g/mol. The summed E-state index contributed by atoms with van der Waals surface area (Å²) in [7, 11) is 0. The molecule has 1 aliphatic rings. The zero-order valence-electron chi connectivity index (χ0n) is 10.7. The van der Waals surface area contributed by atoms with E-state index in [2.05, 4.69) is 15.2 Å². The van der Waals surface area contributed by atoms with Crippen LogP contribution in [0.4, 0.5) is 11.5 Å². The third-order valence-corrected chi connectivity index (χ3v) is 3.23. The van der Waals surface area contributed by atoms with Crippen molar-refractivity contribution in [2.24, 2.45) is 5.73 Å². The van der Waals surface area contributed by atoms with E-state index in [9.17, 15) is 4.79 Å². The topological polar surface area (TPSA) is 71.2 Å². The molecule has 1 aromatic rings. The molecule has 0 bridgehead atoms. The van der Waals surface area contributed by atoms with E-state index < -0.39 is 6.04 Å². The Morgan fingerprint density at radius 2 is 2.28 bits per heavy atom. The van der Waals surface area contributed by atoms with Crippen molar-refractivity contribution in [1.29, 1.82) is 0 Å². The molecule has 2 heterocycles. The van der Waals surface area contributed by atoms with E-state index in [1.807, 2.05) is 19.1 Å². The van der Waals surface area contributed by atoms with Crippen LogP contribution in [0.2, 0.25) is 0 Å². The molecule has 0 unspecified atom stereocenters. The molecule has 1 amide bonds. The van der Waals surface area contributed by atoms with Gasteiger partial charge in [-0.1, -0.05) is 6.92 Å². The molecule has 0 radical (unpaired) electrons. The number of amides is 1. The Balaban J connectivity index is 2.14. The molecule has 1 aromatic heterocycles. The summed E-state index contributed by atoms with van der Waals surface area (Å²) in [4.78, 5) is 18.4. The highest BCUT2D eigenvalue weighted by atomic mass is 16.2. The van der Waals surface area contributed by atoms with Gasteiger partial charge in [0, 0.05) is 19.3 Å². The molecule has 2 rings (SSSR count). The molecule has 0 aromatic carbocycles. The molecule has 1 saturated heterocycles. The lowest BCUT2D eigenvalue weighted by Gasteiger charge is -2.20. The summed E-state index contributed by atoms with van der Waals surface area (Å²) in [6.45, 7) is 3.90. The van der Waals surface area contributed by atoms with Crippen LogP contribution < -0.4 is 16.0 Å². The van der Waals surface area contributed by atoms with Gasteiger partial charge in [0.15, 0.2) is 5.82 Å². The van der Waals surface area contributed by atoms with Crippen LogP contribution in [0.25, 0.3) is 0 Å². The fraction of sp³-hybridized carbons (Fsp3) is 0.538. The molecule has 0 spiro atoms. The summed E-state index contributed by atoms with van der Waals surface area (Å²) >= 11 is 0. The maximum atomic E-state index is 11.8. The predicted molar refractivity (Wildman–Crippen MR) is 72.6 cm³/mol. The molecule has 1 aliphatic heterocycles. The quantitative estimate of drug-likeness (QED) is 0.844. The van der Waals surface area contributed by atoms with Crippen LogP contribution in [0, 0.1) is 0 Å². The van der Waals surface area contributed by atoms with E-state index in [-0.39, 0.29) is 5.91 Å². The van der Waals surface area contributed by atoms with Crippen LogP contribution in [0.5, 0.6) is 0 Å². The van der Waals surface area contributed by atoms with Crippen LogP contribution in [-0.2, 0) is 4.79 Å². The van der Waals surface area contributed by atoms with E-state index in [4.69, 9.17) is 5.73 Å². The van der Waals surface area contributed by atoms with Gasteiger partial charge in [-0.25, -0.2) is 4.98 Å². The Labute approximate surface area is 107 Å². The highest BCUT2D eigenvalue weighted by molar-refractivity contribution is 5.97. The smallest absolute Gasteiger partial charge is 0.241 e. The van der Waals surface area contributed by atoms with E-state index in [1.54, 1.807) is 6.20 Å². The minimum absolute atomic E-state index is 0.147. The first-order valence-corrected chi connectivity index (χ1v) is 6.48. The summed E-state index contributed by atoms with van der Waals surface area (Å²) < 4.78 is 0. The predicted octanol–water partition coefficient (Wildman–Crippen LogP) is 1.36. The second-order valence-electron chi connectivity index (χ2n) is 4.57. The summed E-state index contributed by atoms with van der Waals surface area (Å²) in [5, 5.41) is 2.87. The van der Waals surface area contributed by atoms with Gasteiger partial charge >= 0.3 is 0 Å². The number of pyridine rings is 1. The highest BCUT2D eigenvalue weighted by Crippen LogP contribution is 2.26. The maximum absolute atomic E-state index is 11.8. The number of aromatic nitrogens is 1. The van der Waals surface area contributed by atoms with E-state index >= 15 is 0 Å². The number of rotatable bonds is 4. The SMILES string of the molecule is CC[C@@H](N)C(=O)Nc1cccnc1N1CCCC1. The van der Waals surface area contributed by atoms with Gasteiger partial charge in [-0.15, -0.1) is 0 Å². The standard InChI is InChI=1S/C13H20N4O/c1-2-10(14)13(18)16-11-6-5-7-15-12(11)17-8-3-4-9-17/h5-7,10H,2-4,8-9,14H2,1H3,(H,16,18)/t10-/m1/s1. The van der Waals surface area contributed by atoms with E-state index in [0.717, 1.165) is 24.6 Å². The van der Waals surface area contributed by atoms with Crippen molar-refractivity contribution in [1.82, 2.24) is 4.98 Å². The summed E-state index contributed by atoms with van der Waals surface area (Å²) in [6, 6.07) is 3.24. The number of carbonyl (C=O) groups is 1. The number of hydrogen-bond donors (Lipinski definition) is 2. The van der Waals surface area contributed by atoms with Gasteiger partial charge in [-0.3, -0.25) is 4.79 Å². The van der Waals surface area contributed by atoms with Gasteiger partial charge in [0.25, 0.3) is 0 Å². The molecule has 1 atom stereocenters. The summed E-state index contributed by atoms with van der Waals surface area (Å²) in [5.74, 6) is 0.706. The van der Waals surface area contributed by atoms with Gasteiger partial charge in [-0.2, -0.15) is 0 Å². The minimum atomic E-state index is -0.461. The Hall–Kier alpha value is -1.62. The molecule has 3 N–H and O–H groups in total. The lowest BCUT2D eigenvalue weighted by Crippen LogP contribution is -2.35. The largest absolute Gasteiger partial charge is 0.355 e. The molecular formula is C13H20N4O. The zero-order chi connectivity index (χ0) is 13.0. The summed E-state index contributed by atoms with van der Waals surface area (Å²) in [5.41, 5.74) is 6.48. The molecule has 5 heteroatoms. The molecule has 0 saturated carbocycles. The van der Waals surface area contributed by atoms with Crippen LogP contribution in [0.15, 0.2) is 18.3 Å². The number of hydrogen-bond acceptors (Lipinski definition) is 4. The Bertz CT molecular complexity index is 415. The normalized spacial score (nSPS) is 16.7. The van der Waals surface area contributed by atoms with Gasteiger partial charge in [0.2, 0.25) is 5.91 Å². The third kappa shape index (κ3) is 2.79. The van der Waals surface area contributed by atoms with Crippen molar-refractivity contribution in [2.75, 3.05) is 23.3 Å². The molecule has 18 heavy (non-hydrogen) atoms. The van der Waals surface area contributed by atoms with Crippen molar-refractivity contribution in [3.8, 4) is 0 Å². The van der Waals surface area contributed by atoms with Crippen molar-refractivity contribution >= 4 is 17.4 Å². The number of anilines is 2. The van der Waals surface area contributed by atoms with Gasteiger partial charge in [-0.05, 0) is 31.4 Å². The van der Waals surface area contributed by atoms with E-state index in [1.165, 1.54) is 12.8 Å². The van der Waals surface area contributed by atoms with Crippen molar-refractivity contribution < 1.29 is 4.79 Å². The second kappa shape index (κ2) is 5.82. The van der Waals surface area contributed by atoms with Crippen molar-refractivity contribution in [3.05, 3.63) is 18.3 Å². The lowest BCUT2D eigenvalue weighted by atomic mass is 10.2. The number of nitrogens with zero attached hydrogens (tertiary/aromatic N) is 2. The fourth-order valence-electron chi connectivity index (χ4n) is 2.09. The van der Waals surface area contributed by atoms with Crippen LogP contribution in [0.1, 0.15) is 26.2 Å². The zero-order valence-corrected chi connectivity index (χ0v) is 10.7. The van der Waals surface area contributed by atoms with Crippen LogP contribution in [0.3, 0.4) is 0 Å². The average molecular weight is 248 g/mol. The minimum Gasteiger partial charge on any atom is -0.355 e. The first kappa shape index (κ1) is 12.8. The van der Waals surface area contributed by atoms with Crippen LogP contribution in [-0.4, -0.2) is 30.0 Å². The molecule has 1 fully saturated rings. The summed E-state index contributed by atoms with van der Waals surface area (Å²) in [6.07, 6.45) is 4.74. The first-order valence-electron chi connectivity index (χ1n) is 6.48. The molecule has 5 nitrogen and oxygen atoms in total. The van der Waals surface area contributed by atoms with Gasteiger partial charge < -0.3 is 16.0 Å². The molecule has 0 aliphatic carbocycles. The Kier molecular flexibility index (Phi) is 4.15. The van der Waals surface area contributed by atoms with Crippen molar-refractivity contribution in [3.63, 3.8) is 0 Å². The Morgan fingerprint density at radius 1 is 1.56 bits per heavy atom. The fourth-order valence-corrected chi connectivity index (χ4v) is 2.09. The van der Waals surface area contributed by atoms with E-state index in [0.29, 0.717) is 6.42 Å². The maximum Gasteiger partial charge on any atom is 0.241 e. The number of carbonyl (C=O) groups excluding carboxylic acids is 1. The Morgan fingerprint density at radius 3 is 2.94 bits per heavy atom. The number of nitrogens with one attached hydrogen (secondary N) is 1. The third-order valence-electron chi connectivity index (χ3n) is 3.23. The van der Waals surface area contributed by atoms with Crippen molar-refractivity contribution in [2.45, 2.75) is 32.2 Å². The highest BCUT2D eigenvalue weighted by Gasteiger charge is 2.19. The second-order valence-corrected chi connectivity index (χ2v) is 4.57. The number of nitrogens with two attached hydrogens (primary N) is 1. The molecular weight excluding hydrogens is 228 g/mol. The first-order chi connectivity index (χ1) is 8.72.